The molecule has 0 bridgehead atoms. The van der Waals surface area contributed by atoms with Gasteiger partial charge in [0, 0.05) is 22.8 Å². The van der Waals surface area contributed by atoms with E-state index in [1.807, 2.05) is 29.8 Å². The summed E-state index contributed by atoms with van der Waals surface area (Å²) in [6.45, 7) is 6.87. The van der Waals surface area contributed by atoms with Gasteiger partial charge in [-0.1, -0.05) is 26.0 Å². The first kappa shape index (κ1) is 15.9. The second-order valence-corrected chi connectivity index (χ2v) is 7.30. The minimum absolute atomic E-state index is 0.160. The summed E-state index contributed by atoms with van der Waals surface area (Å²) in [7, 11) is 0. The van der Waals surface area contributed by atoms with Crippen molar-refractivity contribution in [3.63, 3.8) is 0 Å². The summed E-state index contributed by atoms with van der Waals surface area (Å²) in [6.07, 6.45) is 4.69. The predicted octanol–water partition coefficient (Wildman–Crippen LogP) is 5.31. The molecule has 4 heteroatoms. The fourth-order valence-corrected chi connectivity index (χ4v) is 3.76. The van der Waals surface area contributed by atoms with Crippen molar-refractivity contribution in [2.75, 3.05) is 0 Å². The molecule has 2 heterocycles. The lowest BCUT2D eigenvalue weighted by Gasteiger charge is -2.08. The maximum Gasteiger partial charge on any atom is 0.128 e. The van der Waals surface area contributed by atoms with Crippen LogP contribution in [-0.4, -0.2) is 9.55 Å². The van der Waals surface area contributed by atoms with Gasteiger partial charge in [0.25, 0.3) is 0 Å². The van der Waals surface area contributed by atoms with Crippen molar-refractivity contribution in [3.05, 3.63) is 64.1 Å². The van der Waals surface area contributed by atoms with Crippen molar-refractivity contribution >= 4 is 11.3 Å². The van der Waals surface area contributed by atoms with Crippen LogP contribution >= 0.6 is 11.3 Å². The van der Waals surface area contributed by atoms with Crippen LogP contribution in [0.25, 0.3) is 11.1 Å². The molecule has 0 spiro atoms. The number of imidazole rings is 1. The number of benzene rings is 1. The van der Waals surface area contributed by atoms with Crippen LogP contribution in [0.1, 0.15) is 30.1 Å². The molecule has 1 aromatic carbocycles. The number of hydrogen-bond donors (Lipinski definition) is 0. The van der Waals surface area contributed by atoms with Crippen molar-refractivity contribution < 1.29 is 4.39 Å². The highest BCUT2D eigenvalue weighted by atomic mass is 32.1. The van der Waals surface area contributed by atoms with E-state index in [2.05, 4.69) is 30.3 Å². The number of aromatic nitrogens is 2. The second-order valence-electron chi connectivity index (χ2n) is 6.31. The Labute approximate surface area is 140 Å². The van der Waals surface area contributed by atoms with E-state index in [-0.39, 0.29) is 5.82 Å². The largest absolute Gasteiger partial charge is 0.331 e. The van der Waals surface area contributed by atoms with Crippen LogP contribution in [-0.2, 0) is 13.0 Å². The molecule has 2 aromatic heterocycles. The van der Waals surface area contributed by atoms with Crippen molar-refractivity contribution in [2.45, 2.75) is 33.7 Å². The van der Waals surface area contributed by atoms with Gasteiger partial charge in [0.05, 0.1) is 6.54 Å². The Morgan fingerprint density at radius 2 is 2.04 bits per heavy atom. The zero-order valence-electron chi connectivity index (χ0n) is 13.7. The van der Waals surface area contributed by atoms with E-state index in [1.165, 1.54) is 4.88 Å². The molecule has 23 heavy (non-hydrogen) atoms. The van der Waals surface area contributed by atoms with Crippen molar-refractivity contribution in [1.82, 2.24) is 9.55 Å². The first-order valence-electron chi connectivity index (χ1n) is 7.87. The average molecular weight is 328 g/mol. The lowest BCUT2D eigenvalue weighted by molar-refractivity contribution is 0.597. The van der Waals surface area contributed by atoms with Crippen LogP contribution in [0.5, 0.6) is 0 Å². The molecule has 0 fully saturated rings. The van der Waals surface area contributed by atoms with Crippen molar-refractivity contribution in [2.24, 2.45) is 5.92 Å². The zero-order valence-corrected chi connectivity index (χ0v) is 14.5. The maximum absolute atomic E-state index is 14.4. The molecule has 2 nitrogen and oxygen atoms in total. The summed E-state index contributed by atoms with van der Waals surface area (Å²) in [5.74, 6) is 1.37. The molecule has 0 N–H and O–H groups in total. The molecule has 0 saturated heterocycles. The van der Waals surface area contributed by atoms with Gasteiger partial charge < -0.3 is 4.57 Å². The monoisotopic (exact) mass is 328 g/mol. The lowest BCUT2D eigenvalue weighted by atomic mass is 10.0. The smallest absolute Gasteiger partial charge is 0.128 e. The minimum Gasteiger partial charge on any atom is -0.331 e. The third-order valence-corrected chi connectivity index (χ3v) is 4.87. The SMILES string of the molecule is Cc1nccn1Cc1ccc(-c2csc(CC(C)C)c2)cc1F. The summed E-state index contributed by atoms with van der Waals surface area (Å²) in [5.41, 5.74) is 2.74. The third kappa shape index (κ3) is 3.70. The van der Waals surface area contributed by atoms with Crippen LogP contribution in [0.4, 0.5) is 4.39 Å². The lowest BCUT2D eigenvalue weighted by Crippen LogP contribution is -2.03. The molecular weight excluding hydrogens is 307 g/mol. The van der Waals surface area contributed by atoms with E-state index < -0.39 is 0 Å². The van der Waals surface area contributed by atoms with Gasteiger partial charge in [0.2, 0.25) is 0 Å². The third-order valence-electron chi connectivity index (χ3n) is 3.91. The summed E-state index contributed by atoms with van der Waals surface area (Å²) in [4.78, 5) is 5.53. The average Bonchev–Trinajstić information content (AvgIpc) is 3.10. The van der Waals surface area contributed by atoms with Gasteiger partial charge in [0.1, 0.15) is 11.6 Å². The van der Waals surface area contributed by atoms with Crippen molar-refractivity contribution in [1.29, 1.82) is 0 Å². The number of nitrogens with zero attached hydrogens (tertiary/aromatic N) is 2. The first-order chi connectivity index (χ1) is 11.0. The van der Waals surface area contributed by atoms with Gasteiger partial charge in [-0.25, -0.2) is 9.37 Å². The highest BCUT2D eigenvalue weighted by Gasteiger charge is 2.09. The van der Waals surface area contributed by atoms with Crippen LogP contribution < -0.4 is 0 Å². The fraction of sp³-hybridized carbons (Fsp3) is 0.316. The topological polar surface area (TPSA) is 17.8 Å². The van der Waals surface area contributed by atoms with E-state index in [1.54, 1.807) is 23.6 Å². The number of halogens is 1. The zero-order chi connectivity index (χ0) is 16.4. The standard InChI is InChI=1S/C19H21FN2S/c1-13(2)8-18-9-17(12-23-18)15-4-5-16(19(20)10-15)11-22-7-6-21-14(22)3/h4-7,9-10,12-13H,8,11H2,1-3H3. The molecule has 120 valence electrons. The number of aryl methyl sites for hydroxylation is 1. The quantitative estimate of drug-likeness (QED) is 0.621. The molecule has 0 amide bonds. The van der Waals surface area contributed by atoms with Gasteiger partial charge in [0.15, 0.2) is 0 Å². The Morgan fingerprint density at radius 3 is 2.70 bits per heavy atom. The maximum atomic E-state index is 14.4. The van der Waals surface area contributed by atoms with Crippen LogP contribution in [0, 0.1) is 18.7 Å². The highest BCUT2D eigenvalue weighted by Crippen LogP contribution is 2.28. The van der Waals surface area contributed by atoms with Gasteiger partial charge in [-0.2, -0.15) is 0 Å². The van der Waals surface area contributed by atoms with E-state index in [0.29, 0.717) is 18.0 Å². The molecule has 0 saturated carbocycles. The van der Waals surface area contributed by atoms with Crippen molar-refractivity contribution in [3.8, 4) is 11.1 Å². The Kier molecular flexibility index (Phi) is 4.62. The summed E-state index contributed by atoms with van der Waals surface area (Å²) < 4.78 is 16.4. The summed E-state index contributed by atoms with van der Waals surface area (Å²) >= 11 is 1.75. The minimum atomic E-state index is -0.160. The van der Waals surface area contributed by atoms with E-state index in [9.17, 15) is 4.39 Å². The van der Waals surface area contributed by atoms with E-state index in [0.717, 1.165) is 23.4 Å². The van der Waals surface area contributed by atoms with Crippen LogP contribution in [0.2, 0.25) is 0 Å². The molecule has 3 aromatic rings. The van der Waals surface area contributed by atoms with Gasteiger partial charge in [-0.3, -0.25) is 0 Å². The molecule has 3 rings (SSSR count). The first-order valence-corrected chi connectivity index (χ1v) is 8.75. The molecule has 0 radical (unpaired) electrons. The Balaban J connectivity index is 1.81. The molecular formula is C19H21FN2S. The van der Waals surface area contributed by atoms with Gasteiger partial charge in [-0.05, 0) is 47.9 Å². The van der Waals surface area contributed by atoms with E-state index in [4.69, 9.17) is 0 Å². The molecule has 0 aliphatic heterocycles. The van der Waals surface area contributed by atoms with E-state index >= 15 is 0 Å². The normalized spacial score (nSPS) is 11.3. The van der Waals surface area contributed by atoms with Gasteiger partial charge >= 0.3 is 0 Å². The fourth-order valence-electron chi connectivity index (χ4n) is 2.65. The Bertz CT molecular complexity index is 801. The number of thiophene rings is 1. The van der Waals surface area contributed by atoms with Crippen LogP contribution in [0.3, 0.4) is 0 Å². The number of hydrogen-bond acceptors (Lipinski definition) is 2. The van der Waals surface area contributed by atoms with Crippen LogP contribution in [0.15, 0.2) is 42.0 Å². The second kappa shape index (κ2) is 6.67. The molecule has 0 aliphatic carbocycles. The predicted molar refractivity (Wildman–Crippen MR) is 94.3 cm³/mol. The summed E-state index contributed by atoms with van der Waals surface area (Å²) in [6, 6.07) is 7.71. The van der Waals surface area contributed by atoms with Gasteiger partial charge in [-0.15, -0.1) is 11.3 Å². The number of rotatable bonds is 5. The Hall–Kier alpha value is -1.94. The Morgan fingerprint density at radius 1 is 1.22 bits per heavy atom. The molecule has 0 unspecified atom stereocenters. The molecule has 0 atom stereocenters. The molecule has 0 aliphatic rings. The summed E-state index contributed by atoms with van der Waals surface area (Å²) in [5, 5.41) is 2.12. The highest BCUT2D eigenvalue weighted by molar-refractivity contribution is 7.10.